The van der Waals surface area contributed by atoms with E-state index >= 15 is 0 Å². The van der Waals surface area contributed by atoms with Crippen LogP contribution in [-0.4, -0.2) is 72.5 Å². The molecule has 0 rings (SSSR count). The molecule has 0 radical (unpaired) electrons. The average molecular weight is 162 g/mol. The van der Waals surface area contributed by atoms with E-state index in [9.17, 15) is 0 Å². The van der Waals surface area contributed by atoms with Gasteiger partial charge in [-0.15, -0.1) is 0 Å². The van der Waals surface area contributed by atoms with Crippen molar-refractivity contribution in [2.75, 3.05) is 0 Å². The van der Waals surface area contributed by atoms with Gasteiger partial charge in [-0.05, 0) is 0 Å². The second-order valence-corrected chi connectivity index (χ2v) is 0.653. The van der Waals surface area contributed by atoms with Crippen molar-refractivity contribution in [3.8, 4) is 0 Å². The fraction of sp³-hybridized carbons (Fsp3) is 0. The van der Waals surface area contributed by atoms with E-state index in [1.165, 1.54) is 0 Å². The van der Waals surface area contributed by atoms with Crippen LogP contribution in [0.2, 0.25) is 0 Å². The van der Waals surface area contributed by atoms with Gasteiger partial charge < -0.3 is 30.1 Å². The van der Waals surface area contributed by atoms with Crippen molar-refractivity contribution in [2.45, 2.75) is 0 Å². The van der Waals surface area contributed by atoms with E-state index in [2.05, 4.69) is 0 Å². The third-order valence-corrected chi connectivity index (χ3v) is 0. The maximum absolute atomic E-state index is 8.64. The van der Waals surface area contributed by atoms with Crippen LogP contribution in [0.1, 0.15) is 0 Å². The fourth-order valence-electron chi connectivity index (χ4n) is 0. The summed E-state index contributed by atoms with van der Waals surface area (Å²) in [5.41, 5.74) is 0. The zero-order valence-electron chi connectivity index (χ0n) is 4.47. The summed E-state index contributed by atoms with van der Waals surface area (Å²) in [4.78, 5) is 0. The molecule has 0 saturated carbocycles. The van der Waals surface area contributed by atoms with Gasteiger partial charge in [0.2, 0.25) is 0 Å². The average Bonchev–Trinajstić information content (AvgIpc) is 1.25. The molecule has 9 heavy (non-hydrogen) atoms. The van der Waals surface area contributed by atoms with Crippen LogP contribution in [0.5, 0.6) is 0 Å². The molecule has 0 amide bonds. The van der Waals surface area contributed by atoms with E-state index in [0.717, 1.165) is 0 Å². The summed E-state index contributed by atoms with van der Waals surface area (Å²) in [7, 11) is -4.83. The van der Waals surface area contributed by atoms with Gasteiger partial charge in [-0.2, -0.15) is 0 Å². The summed E-state index contributed by atoms with van der Waals surface area (Å²) in [5, 5.41) is 45.5. The number of hydrogen-bond acceptors (Lipinski definition) is 6. The molecule has 0 saturated heterocycles. The van der Waals surface area contributed by atoms with E-state index in [1.807, 2.05) is 0 Å². The second kappa shape index (κ2) is 11.9. The molecule has 0 atom stereocenters. The minimum absolute atomic E-state index is 0. The molecule has 0 unspecified atom stereocenters. The Kier molecular flexibility index (Phi) is 22.0. The molecule has 4 N–H and O–H groups in total. The van der Waals surface area contributed by atoms with E-state index in [0.29, 0.717) is 0 Å². The summed E-state index contributed by atoms with van der Waals surface area (Å²) < 4.78 is 0. The van der Waals surface area contributed by atoms with Crippen LogP contribution in [0.25, 0.3) is 0 Å². The molecule has 6 nitrogen and oxygen atoms in total. The second-order valence-electron chi connectivity index (χ2n) is 0.653. The molecule has 0 bridgehead atoms. The van der Waals surface area contributed by atoms with Crippen molar-refractivity contribution in [3.63, 3.8) is 0 Å². The van der Waals surface area contributed by atoms with Crippen LogP contribution in [0.15, 0.2) is 0 Å². The molecule has 0 aliphatic rings. The van der Waals surface area contributed by atoms with Crippen molar-refractivity contribution < 1.29 is 30.1 Å². The van der Waals surface area contributed by atoms with Gasteiger partial charge in [-0.1, -0.05) is 0 Å². The molecule has 48 valence electrons. The largest absolute Gasteiger partial charge is 2.00 e. The molecule has 0 fully saturated rings. The Bertz CT molecular complexity index is 26.5. The third kappa shape index (κ3) is 354. The van der Waals surface area contributed by atoms with E-state index in [4.69, 9.17) is 30.1 Å². The minimum atomic E-state index is -2.42. The molecule has 0 aliphatic heterocycles. The fourth-order valence-corrected chi connectivity index (χ4v) is 0. The molecule has 0 aromatic heterocycles. The van der Waals surface area contributed by atoms with Gasteiger partial charge in [-0.3, -0.25) is 0 Å². The Labute approximate surface area is 82.1 Å². The molecular formula is H4B2CaO6. The zero-order valence-corrected chi connectivity index (χ0v) is 6.68. The van der Waals surface area contributed by atoms with Crippen molar-refractivity contribution in [3.05, 3.63) is 0 Å². The summed E-state index contributed by atoms with van der Waals surface area (Å²) in [6, 6.07) is 0. The third-order valence-electron chi connectivity index (χ3n) is 0. The van der Waals surface area contributed by atoms with Crippen LogP contribution in [0, 0.1) is 0 Å². The monoisotopic (exact) mass is 162 g/mol. The Morgan fingerprint density at radius 3 is 0.778 bits per heavy atom. The molecule has 0 heterocycles. The normalized spacial score (nSPS) is 6.00. The molecule has 0 spiro atoms. The Morgan fingerprint density at radius 1 is 0.778 bits per heavy atom. The van der Waals surface area contributed by atoms with Gasteiger partial charge in [-0.25, -0.2) is 0 Å². The van der Waals surface area contributed by atoms with Crippen LogP contribution in [0.3, 0.4) is 0 Å². The zero-order chi connectivity index (χ0) is 7.15. The van der Waals surface area contributed by atoms with Gasteiger partial charge in [0.05, 0.1) is 0 Å². The Morgan fingerprint density at radius 2 is 0.778 bits per heavy atom. The summed E-state index contributed by atoms with van der Waals surface area (Å²) in [5.74, 6) is 0. The van der Waals surface area contributed by atoms with Crippen LogP contribution in [-0.2, 0) is 0 Å². The first-order valence-corrected chi connectivity index (χ1v) is 1.50. The van der Waals surface area contributed by atoms with Gasteiger partial charge in [0.25, 0.3) is 0 Å². The smallest absolute Gasteiger partial charge is 0.832 e. The predicted molar refractivity (Wildman–Crippen MR) is 26.1 cm³/mol. The van der Waals surface area contributed by atoms with Gasteiger partial charge >= 0.3 is 52.4 Å². The molecule has 0 aliphatic carbocycles. The Balaban J connectivity index is -0.0000000720. The van der Waals surface area contributed by atoms with Crippen molar-refractivity contribution in [1.82, 2.24) is 0 Å². The first kappa shape index (κ1) is 16.6. The topological polar surface area (TPSA) is 127 Å². The van der Waals surface area contributed by atoms with Crippen molar-refractivity contribution >= 4 is 52.4 Å². The standard InChI is InChI=1S/2BH2O3.Ca/c2*2-1(3)4;/h2*2-3H;/q2*-1;+2. The van der Waals surface area contributed by atoms with Gasteiger partial charge in [0, 0.05) is 0 Å². The number of hydrogen-bond donors (Lipinski definition) is 4. The van der Waals surface area contributed by atoms with Crippen molar-refractivity contribution in [1.29, 1.82) is 0 Å². The van der Waals surface area contributed by atoms with E-state index in [1.54, 1.807) is 0 Å². The maximum atomic E-state index is 8.64. The Hall–Kier alpha value is 1.15. The van der Waals surface area contributed by atoms with E-state index < -0.39 is 14.6 Å². The van der Waals surface area contributed by atoms with Gasteiger partial charge in [0.15, 0.2) is 0 Å². The van der Waals surface area contributed by atoms with Crippen LogP contribution in [0.4, 0.5) is 0 Å². The summed E-state index contributed by atoms with van der Waals surface area (Å²) in [6.45, 7) is 0. The first-order chi connectivity index (χ1) is 3.46. The van der Waals surface area contributed by atoms with Crippen molar-refractivity contribution in [2.24, 2.45) is 0 Å². The number of rotatable bonds is 0. The summed E-state index contributed by atoms with van der Waals surface area (Å²) >= 11 is 0. The summed E-state index contributed by atoms with van der Waals surface area (Å²) in [6.07, 6.45) is 0. The van der Waals surface area contributed by atoms with Crippen LogP contribution < -0.4 is 10.0 Å². The van der Waals surface area contributed by atoms with Gasteiger partial charge in [0.1, 0.15) is 0 Å². The van der Waals surface area contributed by atoms with E-state index in [-0.39, 0.29) is 37.7 Å². The predicted octanol–water partition coefficient (Wildman–Crippen LogP) is -5.75. The minimum Gasteiger partial charge on any atom is -0.832 e. The maximum Gasteiger partial charge on any atom is 2.00 e. The molecule has 0 aromatic carbocycles. The molecule has 0 aromatic rings. The van der Waals surface area contributed by atoms with Crippen LogP contribution >= 0.6 is 0 Å². The quantitative estimate of drug-likeness (QED) is 0.262. The molecular weight excluding hydrogens is 158 g/mol. The SMILES string of the molecule is [Ca+2].[O-]B(O)O.[O-]B(O)O. The first-order valence-electron chi connectivity index (χ1n) is 1.50. The molecule has 9 heteroatoms.